The maximum Gasteiger partial charge on any atom is 0.258 e. The largest absolute Gasteiger partial charge is 0.484 e. The molecule has 0 spiro atoms. The Morgan fingerprint density at radius 3 is 2.37 bits per heavy atom. The molecule has 0 bridgehead atoms. The molecule has 5 heteroatoms. The zero-order valence-corrected chi connectivity index (χ0v) is 16.4. The van der Waals surface area contributed by atoms with Crippen molar-refractivity contribution in [3.8, 4) is 28.1 Å². The van der Waals surface area contributed by atoms with Crippen LogP contribution in [-0.4, -0.2) is 22.5 Å². The number of benzene rings is 2. The SMILES string of the molecule is O=C(COc1ccc(-c2ccccc2)cc1)NCc1ccnc(-c2cccnc2)c1. The third-order valence-electron chi connectivity index (χ3n) is 4.60. The third-order valence-corrected chi connectivity index (χ3v) is 4.60. The van der Waals surface area contributed by atoms with Crippen LogP contribution in [0.2, 0.25) is 0 Å². The molecule has 1 amide bonds. The van der Waals surface area contributed by atoms with Gasteiger partial charge in [-0.05, 0) is 53.1 Å². The van der Waals surface area contributed by atoms with Crippen molar-refractivity contribution in [2.75, 3.05) is 6.61 Å². The van der Waals surface area contributed by atoms with Gasteiger partial charge in [0.05, 0.1) is 5.69 Å². The molecule has 0 radical (unpaired) electrons. The van der Waals surface area contributed by atoms with Crippen molar-refractivity contribution in [3.05, 3.63) is 103 Å². The van der Waals surface area contributed by atoms with Crippen LogP contribution in [0.4, 0.5) is 0 Å². The van der Waals surface area contributed by atoms with E-state index in [0.29, 0.717) is 12.3 Å². The van der Waals surface area contributed by atoms with E-state index in [1.807, 2.05) is 66.7 Å². The van der Waals surface area contributed by atoms with Gasteiger partial charge in [0.1, 0.15) is 5.75 Å². The summed E-state index contributed by atoms with van der Waals surface area (Å²) in [6.07, 6.45) is 5.22. The first-order chi connectivity index (χ1) is 14.8. The minimum Gasteiger partial charge on any atom is -0.484 e. The van der Waals surface area contributed by atoms with Gasteiger partial charge in [-0.2, -0.15) is 0 Å². The Balaban J connectivity index is 1.28. The Morgan fingerprint density at radius 2 is 1.60 bits per heavy atom. The second kappa shape index (κ2) is 9.47. The smallest absolute Gasteiger partial charge is 0.258 e. The summed E-state index contributed by atoms with van der Waals surface area (Å²) in [7, 11) is 0. The monoisotopic (exact) mass is 395 g/mol. The van der Waals surface area contributed by atoms with Gasteiger partial charge in [0.15, 0.2) is 6.61 Å². The fourth-order valence-corrected chi connectivity index (χ4v) is 3.03. The number of rotatable bonds is 7. The van der Waals surface area contributed by atoms with Gasteiger partial charge in [-0.1, -0.05) is 42.5 Å². The highest BCUT2D eigenvalue weighted by atomic mass is 16.5. The number of pyridine rings is 2. The van der Waals surface area contributed by atoms with E-state index in [1.54, 1.807) is 18.6 Å². The van der Waals surface area contributed by atoms with E-state index in [4.69, 9.17) is 4.74 Å². The molecular weight excluding hydrogens is 374 g/mol. The number of ether oxygens (including phenoxy) is 1. The second-order valence-corrected chi connectivity index (χ2v) is 6.75. The highest BCUT2D eigenvalue weighted by molar-refractivity contribution is 5.77. The zero-order chi connectivity index (χ0) is 20.6. The van der Waals surface area contributed by atoms with Gasteiger partial charge in [-0.15, -0.1) is 0 Å². The van der Waals surface area contributed by atoms with Gasteiger partial charge in [-0.3, -0.25) is 14.8 Å². The van der Waals surface area contributed by atoms with Crippen molar-refractivity contribution in [3.63, 3.8) is 0 Å². The molecule has 0 atom stereocenters. The van der Waals surface area contributed by atoms with Crippen LogP contribution < -0.4 is 10.1 Å². The Labute approximate surface area is 175 Å². The minimum atomic E-state index is -0.179. The van der Waals surface area contributed by atoms with Crippen LogP contribution in [0.3, 0.4) is 0 Å². The number of nitrogens with one attached hydrogen (secondary N) is 1. The third kappa shape index (κ3) is 5.08. The van der Waals surface area contributed by atoms with E-state index in [2.05, 4.69) is 27.4 Å². The van der Waals surface area contributed by atoms with Gasteiger partial charge in [0.2, 0.25) is 0 Å². The van der Waals surface area contributed by atoms with Crippen molar-refractivity contribution >= 4 is 5.91 Å². The summed E-state index contributed by atoms with van der Waals surface area (Å²) in [5.41, 5.74) is 4.97. The first kappa shape index (κ1) is 19.3. The lowest BCUT2D eigenvalue weighted by molar-refractivity contribution is -0.123. The molecule has 0 aliphatic heterocycles. The van der Waals surface area contributed by atoms with E-state index in [1.165, 1.54) is 0 Å². The first-order valence-electron chi connectivity index (χ1n) is 9.68. The van der Waals surface area contributed by atoms with Crippen molar-refractivity contribution in [1.82, 2.24) is 15.3 Å². The molecule has 0 fully saturated rings. The average Bonchev–Trinajstić information content (AvgIpc) is 2.83. The van der Waals surface area contributed by atoms with Crippen LogP contribution >= 0.6 is 0 Å². The van der Waals surface area contributed by atoms with E-state index in [-0.39, 0.29) is 12.5 Å². The zero-order valence-electron chi connectivity index (χ0n) is 16.4. The predicted octanol–water partition coefficient (Wildman–Crippen LogP) is 4.51. The highest BCUT2D eigenvalue weighted by Gasteiger charge is 2.05. The fourth-order valence-electron chi connectivity index (χ4n) is 3.03. The average molecular weight is 395 g/mol. The van der Waals surface area contributed by atoms with E-state index in [0.717, 1.165) is 27.9 Å². The quantitative estimate of drug-likeness (QED) is 0.500. The normalized spacial score (nSPS) is 10.4. The number of nitrogens with zero attached hydrogens (tertiary/aromatic N) is 2. The van der Waals surface area contributed by atoms with Crippen LogP contribution in [0.25, 0.3) is 22.4 Å². The van der Waals surface area contributed by atoms with Crippen molar-refractivity contribution in [2.45, 2.75) is 6.54 Å². The topological polar surface area (TPSA) is 64.1 Å². The van der Waals surface area contributed by atoms with Crippen LogP contribution in [0.15, 0.2) is 97.5 Å². The molecule has 0 saturated carbocycles. The predicted molar refractivity (Wildman–Crippen MR) is 117 cm³/mol. The number of hydrogen-bond acceptors (Lipinski definition) is 4. The molecule has 5 nitrogen and oxygen atoms in total. The number of aromatic nitrogens is 2. The number of carbonyl (C=O) groups excluding carboxylic acids is 1. The molecule has 148 valence electrons. The summed E-state index contributed by atoms with van der Waals surface area (Å²) < 4.78 is 5.61. The van der Waals surface area contributed by atoms with E-state index >= 15 is 0 Å². The van der Waals surface area contributed by atoms with Gasteiger partial charge in [0, 0.05) is 30.7 Å². The van der Waals surface area contributed by atoms with Crippen molar-refractivity contribution in [2.24, 2.45) is 0 Å². The first-order valence-corrected chi connectivity index (χ1v) is 9.68. The van der Waals surface area contributed by atoms with Gasteiger partial charge in [0.25, 0.3) is 5.91 Å². The molecule has 30 heavy (non-hydrogen) atoms. The Hall–Kier alpha value is -3.99. The molecule has 2 aromatic heterocycles. The summed E-state index contributed by atoms with van der Waals surface area (Å²) in [6.45, 7) is 0.371. The number of carbonyl (C=O) groups is 1. The summed E-state index contributed by atoms with van der Waals surface area (Å²) in [4.78, 5) is 20.6. The van der Waals surface area contributed by atoms with Crippen LogP contribution in [-0.2, 0) is 11.3 Å². The molecule has 4 rings (SSSR count). The molecule has 4 aromatic rings. The van der Waals surface area contributed by atoms with Crippen molar-refractivity contribution < 1.29 is 9.53 Å². The standard InChI is InChI=1S/C25H21N3O2/c29-25(18-30-23-10-8-21(9-11-23)20-5-2-1-3-6-20)28-16-19-12-14-27-24(15-19)22-7-4-13-26-17-22/h1-15,17H,16,18H2,(H,28,29). The Morgan fingerprint density at radius 1 is 0.833 bits per heavy atom. The lowest BCUT2D eigenvalue weighted by Gasteiger charge is -2.09. The molecule has 2 aromatic carbocycles. The molecule has 0 aliphatic rings. The summed E-state index contributed by atoms with van der Waals surface area (Å²) >= 11 is 0. The molecule has 0 aliphatic carbocycles. The Bertz CT molecular complexity index is 1100. The van der Waals surface area contributed by atoms with Crippen LogP contribution in [0.1, 0.15) is 5.56 Å². The fraction of sp³-hybridized carbons (Fsp3) is 0.0800. The maximum atomic E-state index is 12.2. The van der Waals surface area contributed by atoms with E-state index in [9.17, 15) is 4.79 Å². The maximum absolute atomic E-state index is 12.2. The van der Waals surface area contributed by atoms with Crippen LogP contribution in [0.5, 0.6) is 5.75 Å². The van der Waals surface area contributed by atoms with Crippen LogP contribution in [0, 0.1) is 0 Å². The molecular formula is C25H21N3O2. The van der Waals surface area contributed by atoms with Gasteiger partial charge in [-0.25, -0.2) is 0 Å². The lowest BCUT2D eigenvalue weighted by atomic mass is 10.1. The number of amides is 1. The molecule has 2 heterocycles. The second-order valence-electron chi connectivity index (χ2n) is 6.75. The number of hydrogen-bond donors (Lipinski definition) is 1. The lowest BCUT2D eigenvalue weighted by Crippen LogP contribution is -2.28. The summed E-state index contributed by atoms with van der Waals surface area (Å²) in [5, 5.41) is 2.88. The van der Waals surface area contributed by atoms with E-state index < -0.39 is 0 Å². The van der Waals surface area contributed by atoms with Gasteiger partial charge < -0.3 is 10.1 Å². The summed E-state index contributed by atoms with van der Waals surface area (Å²) in [6, 6.07) is 25.5. The highest BCUT2D eigenvalue weighted by Crippen LogP contribution is 2.22. The Kier molecular flexibility index (Phi) is 6.11. The molecule has 1 N–H and O–H groups in total. The molecule has 0 unspecified atom stereocenters. The van der Waals surface area contributed by atoms with Gasteiger partial charge >= 0.3 is 0 Å². The minimum absolute atomic E-state index is 0.0365. The molecule has 0 saturated heterocycles. The van der Waals surface area contributed by atoms with Crippen molar-refractivity contribution in [1.29, 1.82) is 0 Å². The summed E-state index contributed by atoms with van der Waals surface area (Å²) in [5.74, 6) is 0.481.